The number of thiophene rings is 1. The zero-order valence-corrected chi connectivity index (χ0v) is 21.2. The highest BCUT2D eigenvalue weighted by molar-refractivity contribution is 7.19. The van der Waals surface area contributed by atoms with Crippen LogP contribution in [0.2, 0.25) is 5.28 Å². The number of aromatic nitrogens is 2. The average Bonchev–Trinajstić information content (AvgIpc) is 3.19. The zero-order valence-electron chi connectivity index (χ0n) is 19.7. The molecule has 5 rings (SSSR count). The van der Waals surface area contributed by atoms with Gasteiger partial charge < -0.3 is 9.80 Å². The highest BCUT2D eigenvalue weighted by Gasteiger charge is 2.25. The molecule has 0 radical (unpaired) electrons. The molecule has 1 saturated heterocycles. The molecule has 2 aromatic carbocycles. The number of hydrogen-bond acceptors (Lipinski definition) is 5. The third-order valence-corrected chi connectivity index (χ3v) is 8.04. The smallest absolute Gasteiger partial charge is 0.225 e. The summed E-state index contributed by atoms with van der Waals surface area (Å²) in [5.41, 5.74) is 7.71. The maximum absolute atomic E-state index is 6.43. The van der Waals surface area contributed by atoms with E-state index in [1.54, 1.807) is 11.3 Å². The molecule has 2 aromatic heterocycles. The largest absolute Gasteiger partial charge is 0.368 e. The van der Waals surface area contributed by atoms with Crippen LogP contribution in [0.25, 0.3) is 21.3 Å². The van der Waals surface area contributed by atoms with Crippen molar-refractivity contribution in [3.8, 4) is 11.1 Å². The van der Waals surface area contributed by atoms with Crippen molar-refractivity contribution in [3.05, 3.63) is 69.3 Å². The van der Waals surface area contributed by atoms with Crippen molar-refractivity contribution in [2.75, 3.05) is 36.0 Å². The van der Waals surface area contributed by atoms with Gasteiger partial charge >= 0.3 is 0 Å². The summed E-state index contributed by atoms with van der Waals surface area (Å²) in [6.45, 7) is 12.4. The third-order valence-electron chi connectivity index (χ3n) is 6.64. The Balaban J connectivity index is 1.56. The molecule has 1 aliphatic heterocycles. The lowest BCUT2D eigenvalue weighted by atomic mass is 9.98. The predicted octanol–water partition coefficient (Wildman–Crippen LogP) is 6.83. The summed E-state index contributed by atoms with van der Waals surface area (Å²) in [5.74, 6) is 0.970. The normalized spacial score (nSPS) is 14.3. The number of fused-ring (bicyclic) bond motifs is 1. The fourth-order valence-electron chi connectivity index (χ4n) is 4.68. The summed E-state index contributed by atoms with van der Waals surface area (Å²) in [6, 6.07) is 15.5. The van der Waals surface area contributed by atoms with E-state index in [0.29, 0.717) is 5.28 Å². The lowest BCUT2D eigenvalue weighted by molar-refractivity contribution is 0.649. The van der Waals surface area contributed by atoms with Crippen LogP contribution in [0, 0.1) is 20.8 Å². The van der Waals surface area contributed by atoms with Gasteiger partial charge in [0.25, 0.3) is 0 Å². The lowest BCUT2D eigenvalue weighted by Crippen LogP contribution is -2.47. The SMILES string of the molecule is CCc1sc2nc(Cl)nc(N3CCN(c4cccc(C)c4)CC3)c2c1-c1ccc(C)c(C)c1. The Morgan fingerprint density at radius 3 is 2.36 bits per heavy atom. The molecule has 0 spiro atoms. The number of hydrogen-bond donors (Lipinski definition) is 0. The van der Waals surface area contributed by atoms with Crippen LogP contribution >= 0.6 is 22.9 Å². The summed E-state index contributed by atoms with van der Waals surface area (Å²) in [5, 5.41) is 1.47. The van der Waals surface area contributed by atoms with Crippen LogP contribution in [0.4, 0.5) is 11.5 Å². The average molecular weight is 477 g/mol. The maximum atomic E-state index is 6.43. The lowest BCUT2D eigenvalue weighted by Gasteiger charge is -2.37. The fraction of sp³-hybridized carbons (Fsp3) is 0.333. The van der Waals surface area contributed by atoms with E-state index in [2.05, 4.69) is 84.9 Å². The Bertz CT molecular complexity index is 1320. The van der Waals surface area contributed by atoms with Crippen molar-refractivity contribution in [2.24, 2.45) is 0 Å². The van der Waals surface area contributed by atoms with E-state index < -0.39 is 0 Å². The fourth-order valence-corrected chi connectivity index (χ4v) is 6.03. The van der Waals surface area contributed by atoms with E-state index in [9.17, 15) is 0 Å². The van der Waals surface area contributed by atoms with Gasteiger partial charge in [0.05, 0.1) is 5.39 Å². The van der Waals surface area contributed by atoms with Gasteiger partial charge in [-0.05, 0) is 73.2 Å². The molecular formula is C27H29ClN4S. The van der Waals surface area contributed by atoms with E-state index in [1.807, 2.05) is 0 Å². The van der Waals surface area contributed by atoms with Crippen LogP contribution in [0.1, 0.15) is 28.5 Å². The van der Waals surface area contributed by atoms with Crippen LogP contribution in [-0.2, 0) is 6.42 Å². The van der Waals surface area contributed by atoms with Gasteiger partial charge in [-0.1, -0.05) is 37.3 Å². The number of nitrogens with zero attached hydrogens (tertiary/aromatic N) is 4. The zero-order chi connectivity index (χ0) is 23.1. The summed E-state index contributed by atoms with van der Waals surface area (Å²) >= 11 is 8.18. The van der Waals surface area contributed by atoms with Crippen molar-refractivity contribution in [1.82, 2.24) is 9.97 Å². The van der Waals surface area contributed by atoms with E-state index in [-0.39, 0.29) is 0 Å². The molecule has 3 heterocycles. The summed E-state index contributed by atoms with van der Waals surface area (Å²) < 4.78 is 0. The van der Waals surface area contributed by atoms with Crippen LogP contribution in [0.5, 0.6) is 0 Å². The number of anilines is 2. The number of aryl methyl sites for hydroxylation is 4. The first kappa shape index (κ1) is 22.2. The Morgan fingerprint density at radius 2 is 1.67 bits per heavy atom. The standard InChI is InChI=1S/C27H29ClN4S/c1-5-22-23(20-10-9-18(3)19(4)16-20)24-25(29-27(28)30-26(24)33-22)32-13-11-31(12-14-32)21-8-6-7-17(2)15-21/h6-10,15-16H,5,11-14H2,1-4H3. The molecule has 33 heavy (non-hydrogen) atoms. The predicted molar refractivity (Wildman–Crippen MR) is 142 cm³/mol. The van der Waals surface area contributed by atoms with Crippen molar-refractivity contribution in [3.63, 3.8) is 0 Å². The van der Waals surface area contributed by atoms with E-state index in [4.69, 9.17) is 16.6 Å². The monoisotopic (exact) mass is 476 g/mol. The minimum absolute atomic E-state index is 0.328. The van der Waals surface area contributed by atoms with Gasteiger partial charge in [-0.15, -0.1) is 11.3 Å². The first-order valence-corrected chi connectivity index (χ1v) is 12.8. The molecule has 0 unspecified atom stereocenters. The minimum Gasteiger partial charge on any atom is -0.368 e. The second-order valence-corrected chi connectivity index (χ2v) is 10.3. The van der Waals surface area contributed by atoms with Gasteiger partial charge in [0, 0.05) is 42.3 Å². The van der Waals surface area contributed by atoms with Gasteiger partial charge in [-0.3, -0.25) is 0 Å². The van der Waals surface area contributed by atoms with Crippen LogP contribution in [-0.4, -0.2) is 36.1 Å². The Kier molecular flexibility index (Phi) is 6.02. The highest BCUT2D eigenvalue weighted by Crippen LogP contribution is 2.43. The Labute approximate surface area is 204 Å². The number of halogens is 1. The van der Waals surface area contributed by atoms with Gasteiger partial charge in [0.2, 0.25) is 5.28 Å². The molecule has 0 aliphatic carbocycles. The van der Waals surface area contributed by atoms with E-state index in [0.717, 1.165) is 48.6 Å². The first-order chi connectivity index (χ1) is 15.9. The van der Waals surface area contributed by atoms with Crippen molar-refractivity contribution < 1.29 is 0 Å². The van der Waals surface area contributed by atoms with Gasteiger partial charge in [-0.25, -0.2) is 4.98 Å². The second-order valence-electron chi connectivity index (χ2n) is 8.86. The Morgan fingerprint density at radius 1 is 0.909 bits per heavy atom. The molecule has 0 saturated carbocycles. The molecule has 6 heteroatoms. The molecular weight excluding hydrogens is 448 g/mol. The van der Waals surface area contributed by atoms with Crippen molar-refractivity contribution in [1.29, 1.82) is 0 Å². The molecule has 1 aliphatic rings. The third kappa shape index (κ3) is 4.20. The molecule has 4 nitrogen and oxygen atoms in total. The summed E-state index contributed by atoms with van der Waals surface area (Å²) in [7, 11) is 0. The highest BCUT2D eigenvalue weighted by atomic mass is 35.5. The quantitative estimate of drug-likeness (QED) is 0.302. The molecule has 1 fully saturated rings. The van der Waals surface area contributed by atoms with Crippen molar-refractivity contribution >= 4 is 44.7 Å². The van der Waals surface area contributed by atoms with E-state index >= 15 is 0 Å². The van der Waals surface area contributed by atoms with Gasteiger partial charge in [0.1, 0.15) is 10.6 Å². The van der Waals surface area contributed by atoms with Crippen LogP contribution < -0.4 is 9.80 Å². The van der Waals surface area contributed by atoms with Gasteiger partial charge in [0.15, 0.2) is 0 Å². The Hall–Kier alpha value is -2.63. The molecule has 4 aromatic rings. The van der Waals surface area contributed by atoms with Crippen LogP contribution in [0.3, 0.4) is 0 Å². The van der Waals surface area contributed by atoms with Crippen LogP contribution in [0.15, 0.2) is 42.5 Å². The maximum Gasteiger partial charge on any atom is 0.225 e. The number of piperazine rings is 1. The summed E-state index contributed by atoms with van der Waals surface area (Å²) in [4.78, 5) is 16.6. The number of rotatable bonds is 4. The molecule has 0 N–H and O–H groups in total. The van der Waals surface area contributed by atoms with E-state index in [1.165, 1.54) is 38.4 Å². The first-order valence-electron chi connectivity index (χ1n) is 11.6. The number of benzene rings is 2. The molecule has 170 valence electrons. The summed E-state index contributed by atoms with van der Waals surface area (Å²) in [6.07, 6.45) is 0.960. The molecule has 0 atom stereocenters. The second kappa shape index (κ2) is 8.96. The molecule has 0 bridgehead atoms. The van der Waals surface area contributed by atoms with Gasteiger partial charge in [-0.2, -0.15) is 4.98 Å². The minimum atomic E-state index is 0.328. The topological polar surface area (TPSA) is 32.3 Å². The van der Waals surface area contributed by atoms with Crippen molar-refractivity contribution in [2.45, 2.75) is 34.1 Å². The molecule has 0 amide bonds.